The van der Waals surface area contributed by atoms with E-state index >= 15 is 0 Å². The Morgan fingerprint density at radius 1 is 0.886 bits per heavy atom. The third kappa shape index (κ3) is 8.68. The van der Waals surface area contributed by atoms with E-state index in [2.05, 4.69) is 32.9 Å². The predicted octanol–water partition coefficient (Wildman–Crippen LogP) is 8.37. The maximum absolute atomic E-state index is 12.8. The minimum atomic E-state index is -0.442. The molecule has 1 saturated heterocycles. The van der Waals surface area contributed by atoms with Crippen molar-refractivity contribution in [2.45, 2.75) is 104 Å². The summed E-state index contributed by atoms with van der Waals surface area (Å²) in [6.07, 6.45) is 12.6. The molecular weight excluding hydrogens is 436 g/mol. The van der Waals surface area contributed by atoms with Crippen molar-refractivity contribution in [2.24, 2.45) is 5.92 Å². The van der Waals surface area contributed by atoms with Crippen LogP contribution < -0.4 is 9.47 Å². The van der Waals surface area contributed by atoms with Crippen LogP contribution in [0.2, 0.25) is 0 Å². The first-order valence-corrected chi connectivity index (χ1v) is 13.9. The molecule has 0 bridgehead atoms. The van der Waals surface area contributed by atoms with Crippen LogP contribution >= 0.6 is 0 Å². The van der Waals surface area contributed by atoms with Crippen LogP contribution in [0, 0.1) is 5.92 Å². The van der Waals surface area contributed by atoms with Crippen molar-refractivity contribution < 1.29 is 19.0 Å². The van der Waals surface area contributed by atoms with Crippen molar-refractivity contribution in [3.8, 4) is 22.6 Å². The maximum Gasteiger partial charge on any atom is 0.343 e. The van der Waals surface area contributed by atoms with Crippen molar-refractivity contribution in [3.05, 3.63) is 48.5 Å². The zero-order valence-corrected chi connectivity index (χ0v) is 22.0. The lowest BCUT2D eigenvalue weighted by Gasteiger charge is -2.14. The highest BCUT2D eigenvalue weighted by molar-refractivity contribution is 5.81. The first kappa shape index (κ1) is 27.3. The molecule has 0 aliphatic carbocycles. The Morgan fingerprint density at radius 3 is 2.34 bits per heavy atom. The number of unbranched alkanes of at least 4 members (excludes halogenated alkanes) is 7. The lowest BCUT2D eigenvalue weighted by molar-refractivity contribution is -0.135. The number of ether oxygens (including phenoxy) is 3. The third-order valence-electron chi connectivity index (χ3n) is 6.94. The van der Waals surface area contributed by atoms with Crippen LogP contribution in [0.4, 0.5) is 0 Å². The Bertz CT molecular complexity index is 879. The molecule has 3 atom stereocenters. The molecule has 192 valence electrons. The van der Waals surface area contributed by atoms with Gasteiger partial charge in [-0.3, -0.25) is 0 Å². The summed E-state index contributed by atoms with van der Waals surface area (Å²) in [5.41, 5.74) is 2.10. The largest absolute Gasteiger partial charge is 0.493 e. The molecule has 1 fully saturated rings. The lowest BCUT2D eigenvalue weighted by atomic mass is 9.93. The number of epoxide rings is 1. The number of rotatable bonds is 17. The fourth-order valence-corrected chi connectivity index (χ4v) is 4.71. The van der Waals surface area contributed by atoms with E-state index < -0.39 is 6.10 Å². The number of carbonyl (C=O) groups is 1. The molecule has 0 spiro atoms. The molecule has 3 rings (SSSR count). The fraction of sp³-hybridized carbons (Fsp3) is 0.581. The van der Waals surface area contributed by atoms with Gasteiger partial charge in [0, 0.05) is 11.6 Å². The van der Waals surface area contributed by atoms with E-state index in [0.717, 1.165) is 36.1 Å². The quantitative estimate of drug-likeness (QED) is 0.0987. The van der Waals surface area contributed by atoms with Crippen LogP contribution in [-0.4, -0.2) is 24.8 Å². The first-order chi connectivity index (χ1) is 17.2. The normalized spacial score (nSPS) is 17.7. The molecule has 1 aliphatic rings. The van der Waals surface area contributed by atoms with Gasteiger partial charge in [-0.25, -0.2) is 4.79 Å². The summed E-state index contributed by atoms with van der Waals surface area (Å²) in [6.45, 7) is 7.28. The van der Waals surface area contributed by atoms with Gasteiger partial charge < -0.3 is 14.2 Å². The van der Waals surface area contributed by atoms with E-state index in [1.54, 1.807) is 0 Å². The smallest absolute Gasteiger partial charge is 0.343 e. The second kappa shape index (κ2) is 14.9. The maximum atomic E-state index is 12.8. The lowest BCUT2D eigenvalue weighted by Crippen LogP contribution is -2.20. The number of esters is 1. The molecule has 2 aromatic carbocycles. The van der Waals surface area contributed by atoms with Crippen molar-refractivity contribution in [1.29, 1.82) is 0 Å². The molecule has 0 radical (unpaired) electrons. The number of carbonyl (C=O) groups excluding carboxylic acids is 1. The van der Waals surface area contributed by atoms with E-state index in [0.29, 0.717) is 18.3 Å². The Labute approximate surface area is 212 Å². The standard InChI is InChI=1S/C31H44O4/c1-4-7-9-10-11-16-22-33-28-23-26(20-21-27(28)25-18-14-12-15-19-25)34-31(32)30-29(35-30)24(6-3)17-13-8-5-2/h12,14-15,18-21,23-24,29-30H,4-11,13,16-17,22H2,1-3H3/t24?,29-,30+/m0/s1. The molecule has 0 saturated carbocycles. The van der Waals surface area contributed by atoms with Crippen LogP contribution in [0.5, 0.6) is 11.5 Å². The predicted molar refractivity (Wildman–Crippen MR) is 143 cm³/mol. The second-order valence-corrected chi connectivity index (χ2v) is 9.75. The van der Waals surface area contributed by atoms with E-state index in [4.69, 9.17) is 14.2 Å². The highest BCUT2D eigenvalue weighted by atomic mass is 16.6. The van der Waals surface area contributed by atoms with Crippen molar-refractivity contribution in [2.75, 3.05) is 6.61 Å². The zero-order valence-electron chi connectivity index (χ0n) is 22.0. The zero-order chi connectivity index (χ0) is 24.9. The molecule has 35 heavy (non-hydrogen) atoms. The molecule has 4 heteroatoms. The van der Waals surface area contributed by atoms with Gasteiger partial charge in [-0.1, -0.05) is 109 Å². The van der Waals surface area contributed by atoms with Gasteiger partial charge in [-0.2, -0.15) is 0 Å². The van der Waals surface area contributed by atoms with Gasteiger partial charge >= 0.3 is 5.97 Å². The van der Waals surface area contributed by atoms with Crippen molar-refractivity contribution >= 4 is 5.97 Å². The summed E-state index contributed by atoms with van der Waals surface area (Å²) in [5.74, 6) is 1.41. The van der Waals surface area contributed by atoms with Gasteiger partial charge in [0.2, 0.25) is 0 Å². The molecule has 1 heterocycles. The van der Waals surface area contributed by atoms with Gasteiger partial charge in [0.15, 0.2) is 6.10 Å². The average molecular weight is 481 g/mol. The topological polar surface area (TPSA) is 48.1 Å². The highest BCUT2D eigenvalue weighted by Crippen LogP contribution is 2.37. The van der Waals surface area contributed by atoms with E-state index in [9.17, 15) is 4.79 Å². The highest BCUT2D eigenvalue weighted by Gasteiger charge is 2.50. The Morgan fingerprint density at radius 2 is 1.60 bits per heavy atom. The van der Waals surface area contributed by atoms with Gasteiger partial charge in [0.05, 0.1) is 12.7 Å². The van der Waals surface area contributed by atoms with Crippen LogP contribution in [0.25, 0.3) is 11.1 Å². The molecule has 4 nitrogen and oxygen atoms in total. The summed E-state index contributed by atoms with van der Waals surface area (Å²) in [7, 11) is 0. The summed E-state index contributed by atoms with van der Waals surface area (Å²) >= 11 is 0. The molecule has 1 aliphatic heterocycles. The Kier molecular flexibility index (Phi) is 11.6. The summed E-state index contributed by atoms with van der Waals surface area (Å²) in [6, 6.07) is 15.9. The van der Waals surface area contributed by atoms with Gasteiger partial charge in [-0.15, -0.1) is 0 Å². The molecule has 0 N–H and O–H groups in total. The third-order valence-corrected chi connectivity index (χ3v) is 6.94. The van der Waals surface area contributed by atoms with Crippen molar-refractivity contribution in [3.63, 3.8) is 0 Å². The van der Waals surface area contributed by atoms with Gasteiger partial charge in [-0.05, 0) is 36.5 Å². The van der Waals surface area contributed by atoms with E-state index in [-0.39, 0.29) is 12.1 Å². The average Bonchev–Trinajstić information content (AvgIpc) is 3.68. The van der Waals surface area contributed by atoms with E-state index in [1.165, 1.54) is 51.4 Å². The van der Waals surface area contributed by atoms with E-state index in [1.807, 2.05) is 36.4 Å². The minimum absolute atomic E-state index is 0.00335. The number of hydrogen-bond acceptors (Lipinski definition) is 4. The summed E-state index contributed by atoms with van der Waals surface area (Å²) in [4.78, 5) is 12.8. The Hall–Kier alpha value is -2.33. The van der Waals surface area contributed by atoms with Crippen LogP contribution in [-0.2, 0) is 9.53 Å². The Balaban J connectivity index is 1.60. The van der Waals surface area contributed by atoms with Crippen LogP contribution in [0.15, 0.2) is 48.5 Å². The molecule has 1 unspecified atom stereocenters. The monoisotopic (exact) mass is 480 g/mol. The molecule has 0 amide bonds. The number of hydrogen-bond donors (Lipinski definition) is 0. The summed E-state index contributed by atoms with van der Waals surface area (Å²) < 4.78 is 17.7. The molecule has 0 aromatic heterocycles. The van der Waals surface area contributed by atoms with Gasteiger partial charge in [0.1, 0.15) is 11.5 Å². The molecular formula is C31H44O4. The van der Waals surface area contributed by atoms with Crippen LogP contribution in [0.1, 0.15) is 91.4 Å². The fourth-order valence-electron chi connectivity index (χ4n) is 4.71. The second-order valence-electron chi connectivity index (χ2n) is 9.75. The first-order valence-electron chi connectivity index (χ1n) is 13.9. The van der Waals surface area contributed by atoms with Crippen LogP contribution in [0.3, 0.4) is 0 Å². The minimum Gasteiger partial charge on any atom is -0.493 e. The number of benzene rings is 2. The van der Waals surface area contributed by atoms with Gasteiger partial charge in [0.25, 0.3) is 0 Å². The SMILES string of the molecule is CCCCCCCCOc1cc(OC(=O)[C@@H]2O[C@H]2C(CC)CCCCC)ccc1-c1ccccc1. The van der Waals surface area contributed by atoms with Crippen molar-refractivity contribution in [1.82, 2.24) is 0 Å². The summed E-state index contributed by atoms with van der Waals surface area (Å²) in [5, 5.41) is 0. The molecule has 2 aromatic rings.